The van der Waals surface area contributed by atoms with E-state index in [0.717, 1.165) is 5.56 Å². The van der Waals surface area contributed by atoms with Crippen molar-refractivity contribution < 1.29 is 33.4 Å². The number of carbonyl (C=O) groups excluding carboxylic acids is 5. The van der Waals surface area contributed by atoms with E-state index in [1.807, 2.05) is 0 Å². The van der Waals surface area contributed by atoms with Gasteiger partial charge in [0.1, 0.15) is 6.42 Å². The summed E-state index contributed by atoms with van der Waals surface area (Å²) >= 11 is 0. The summed E-state index contributed by atoms with van der Waals surface area (Å²) in [6, 6.07) is 6.65. The molecule has 0 unspecified atom stereocenters. The van der Waals surface area contributed by atoms with Gasteiger partial charge in [-0.1, -0.05) is 12.1 Å². The van der Waals surface area contributed by atoms with E-state index in [9.17, 15) is 24.0 Å². The first-order valence-corrected chi connectivity index (χ1v) is 9.61. The number of imide groups is 1. The van der Waals surface area contributed by atoms with Gasteiger partial charge in [0.15, 0.2) is 0 Å². The number of nitrogens with zero attached hydrogens (tertiary/aromatic N) is 1. The molecule has 1 saturated heterocycles. The zero-order valence-corrected chi connectivity index (χ0v) is 16.6. The number of likely N-dealkylation sites (tertiary alicyclic amines) is 1. The number of nitrogens with one attached hydrogen (secondary N) is 2. The molecule has 0 bridgehead atoms. The number of rotatable bonds is 13. The van der Waals surface area contributed by atoms with Crippen LogP contribution in [0.4, 0.5) is 5.69 Å². The molecule has 0 radical (unpaired) electrons. The van der Waals surface area contributed by atoms with Crippen molar-refractivity contribution in [1.29, 1.82) is 0 Å². The van der Waals surface area contributed by atoms with E-state index in [0.29, 0.717) is 38.2 Å². The van der Waals surface area contributed by atoms with Gasteiger partial charge in [0, 0.05) is 38.2 Å². The molecule has 30 heavy (non-hydrogen) atoms. The smallest absolute Gasteiger partial charge is 0.293 e. The molecule has 0 atom stereocenters. The second kappa shape index (κ2) is 12.3. The predicted octanol–water partition coefficient (Wildman–Crippen LogP) is 0.0125. The standard InChI is InChI=1S/C20H25N3O7/c24-14-30-10-1-9-29-11-7-21-17(25)13-18(26)22-16-4-2-15(3-5-16)12-20(28)23-8-6-19(23)27/h2-5,14H,1,6-13H2,(H,21,25)(H,22,26). The van der Waals surface area contributed by atoms with Crippen molar-refractivity contribution in [2.24, 2.45) is 0 Å². The molecule has 1 fully saturated rings. The third kappa shape index (κ3) is 8.00. The van der Waals surface area contributed by atoms with Gasteiger partial charge in [-0.3, -0.25) is 28.9 Å². The average Bonchev–Trinajstić information content (AvgIpc) is 2.70. The van der Waals surface area contributed by atoms with Gasteiger partial charge >= 0.3 is 0 Å². The molecule has 2 rings (SSSR count). The molecule has 0 spiro atoms. The molecule has 1 aliphatic heterocycles. The van der Waals surface area contributed by atoms with Gasteiger partial charge in [-0.15, -0.1) is 0 Å². The Morgan fingerprint density at radius 2 is 1.83 bits per heavy atom. The van der Waals surface area contributed by atoms with Crippen molar-refractivity contribution >= 4 is 35.8 Å². The van der Waals surface area contributed by atoms with Crippen molar-refractivity contribution in [1.82, 2.24) is 10.2 Å². The summed E-state index contributed by atoms with van der Waals surface area (Å²) < 4.78 is 9.76. The van der Waals surface area contributed by atoms with Gasteiger partial charge in [-0.25, -0.2) is 0 Å². The van der Waals surface area contributed by atoms with Gasteiger partial charge < -0.3 is 20.1 Å². The summed E-state index contributed by atoms with van der Waals surface area (Å²) in [5, 5.41) is 5.19. The van der Waals surface area contributed by atoms with E-state index in [1.165, 1.54) is 4.90 Å². The summed E-state index contributed by atoms with van der Waals surface area (Å²) in [4.78, 5) is 58.1. The molecular formula is C20H25N3O7. The van der Waals surface area contributed by atoms with Crippen molar-refractivity contribution in [3.05, 3.63) is 29.8 Å². The van der Waals surface area contributed by atoms with Crippen LogP contribution in [0.25, 0.3) is 0 Å². The number of carbonyl (C=O) groups is 5. The van der Waals surface area contributed by atoms with Crippen LogP contribution in [-0.2, 0) is 39.9 Å². The van der Waals surface area contributed by atoms with E-state index in [4.69, 9.17) is 4.74 Å². The fourth-order valence-corrected chi connectivity index (χ4v) is 2.63. The van der Waals surface area contributed by atoms with Crippen LogP contribution in [0, 0.1) is 0 Å². The van der Waals surface area contributed by atoms with E-state index >= 15 is 0 Å². The fraction of sp³-hybridized carbons (Fsp3) is 0.450. The SMILES string of the molecule is O=COCCCOCCNC(=O)CC(=O)Nc1ccc(CC(=O)N2CCC2=O)cc1. The lowest BCUT2D eigenvalue weighted by molar-refractivity contribution is -0.152. The summed E-state index contributed by atoms with van der Waals surface area (Å²) in [5.41, 5.74) is 1.23. The Kier molecular flexibility index (Phi) is 9.46. The van der Waals surface area contributed by atoms with E-state index < -0.39 is 11.8 Å². The lowest BCUT2D eigenvalue weighted by Crippen LogP contribution is -2.48. The van der Waals surface area contributed by atoms with Crippen LogP contribution in [0.2, 0.25) is 0 Å². The van der Waals surface area contributed by atoms with Gasteiger partial charge in [-0.2, -0.15) is 0 Å². The van der Waals surface area contributed by atoms with E-state index in [-0.39, 0.29) is 44.4 Å². The Hall–Kier alpha value is -3.27. The first-order chi connectivity index (χ1) is 14.5. The monoisotopic (exact) mass is 419 g/mol. The normalized spacial score (nSPS) is 12.7. The summed E-state index contributed by atoms with van der Waals surface area (Å²) in [6.45, 7) is 2.08. The first kappa shape index (κ1) is 23.0. The molecule has 2 N–H and O–H groups in total. The number of ether oxygens (including phenoxy) is 2. The molecule has 0 aliphatic carbocycles. The maximum absolute atomic E-state index is 11.9. The highest BCUT2D eigenvalue weighted by molar-refractivity contribution is 6.03. The van der Waals surface area contributed by atoms with Crippen LogP contribution >= 0.6 is 0 Å². The molecule has 1 heterocycles. The van der Waals surface area contributed by atoms with E-state index in [1.54, 1.807) is 24.3 Å². The van der Waals surface area contributed by atoms with Crippen LogP contribution in [0.1, 0.15) is 24.8 Å². The number of benzene rings is 1. The Labute approximate surface area is 173 Å². The molecule has 10 heteroatoms. The van der Waals surface area contributed by atoms with Crippen LogP contribution in [0.15, 0.2) is 24.3 Å². The van der Waals surface area contributed by atoms with Gasteiger partial charge in [0.25, 0.3) is 6.47 Å². The topological polar surface area (TPSA) is 131 Å². The summed E-state index contributed by atoms with van der Waals surface area (Å²) in [7, 11) is 0. The highest BCUT2D eigenvalue weighted by Gasteiger charge is 2.29. The molecule has 0 aromatic heterocycles. The highest BCUT2D eigenvalue weighted by atomic mass is 16.5. The van der Waals surface area contributed by atoms with Crippen molar-refractivity contribution in [3.8, 4) is 0 Å². The summed E-state index contributed by atoms with van der Waals surface area (Å²) in [5.74, 6) is -1.29. The second-order valence-corrected chi connectivity index (χ2v) is 6.57. The lowest BCUT2D eigenvalue weighted by Gasteiger charge is -2.28. The lowest BCUT2D eigenvalue weighted by atomic mass is 10.1. The highest BCUT2D eigenvalue weighted by Crippen LogP contribution is 2.14. The fourth-order valence-electron chi connectivity index (χ4n) is 2.63. The molecule has 162 valence electrons. The quantitative estimate of drug-likeness (QED) is 0.199. The second-order valence-electron chi connectivity index (χ2n) is 6.57. The third-order valence-corrected chi connectivity index (χ3v) is 4.25. The summed E-state index contributed by atoms with van der Waals surface area (Å²) in [6.07, 6.45) is 0.771. The number of amides is 4. The van der Waals surface area contributed by atoms with Crippen LogP contribution in [-0.4, -0.2) is 67.9 Å². The molecule has 1 aromatic rings. The van der Waals surface area contributed by atoms with Crippen molar-refractivity contribution in [2.45, 2.75) is 25.7 Å². The minimum absolute atomic E-state index is 0.120. The van der Waals surface area contributed by atoms with Crippen LogP contribution in [0.3, 0.4) is 0 Å². The zero-order chi connectivity index (χ0) is 21.8. The number of anilines is 1. The van der Waals surface area contributed by atoms with Gasteiger partial charge in [0.2, 0.25) is 23.6 Å². The van der Waals surface area contributed by atoms with Crippen LogP contribution in [0.5, 0.6) is 0 Å². The zero-order valence-electron chi connectivity index (χ0n) is 16.6. The molecule has 4 amide bonds. The van der Waals surface area contributed by atoms with Crippen molar-refractivity contribution in [3.63, 3.8) is 0 Å². The Morgan fingerprint density at radius 1 is 1.07 bits per heavy atom. The minimum Gasteiger partial charge on any atom is -0.468 e. The number of β-lactam (4-membered cyclic amide) rings is 1. The molecule has 1 aromatic carbocycles. The van der Waals surface area contributed by atoms with Crippen LogP contribution < -0.4 is 10.6 Å². The number of hydrogen-bond acceptors (Lipinski definition) is 7. The average molecular weight is 419 g/mol. The Balaban J connectivity index is 1.60. The molecule has 10 nitrogen and oxygen atoms in total. The van der Waals surface area contributed by atoms with Crippen molar-refractivity contribution in [2.75, 3.05) is 38.2 Å². The molecular weight excluding hydrogens is 394 g/mol. The largest absolute Gasteiger partial charge is 0.468 e. The predicted molar refractivity (Wildman–Crippen MR) is 105 cm³/mol. The maximum atomic E-state index is 11.9. The van der Waals surface area contributed by atoms with Gasteiger partial charge in [0.05, 0.1) is 19.6 Å². The van der Waals surface area contributed by atoms with E-state index in [2.05, 4.69) is 15.4 Å². The Bertz CT molecular complexity index is 764. The first-order valence-electron chi connectivity index (χ1n) is 9.61. The third-order valence-electron chi connectivity index (χ3n) is 4.25. The Morgan fingerprint density at radius 3 is 2.47 bits per heavy atom. The van der Waals surface area contributed by atoms with Gasteiger partial charge in [-0.05, 0) is 17.7 Å². The maximum Gasteiger partial charge on any atom is 0.293 e. The number of hydrogen-bond donors (Lipinski definition) is 2. The molecule has 0 saturated carbocycles. The molecule has 1 aliphatic rings. The minimum atomic E-state index is -0.463.